The molecule has 0 N–H and O–H groups in total. The van der Waals surface area contributed by atoms with E-state index in [1.54, 1.807) is 11.3 Å². The van der Waals surface area contributed by atoms with Crippen molar-refractivity contribution in [2.75, 3.05) is 0 Å². The van der Waals surface area contributed by atoms with Crippen LogP contribution in [0.25, 0.3) is 0 Å². The minimum absolute atomic E-state index is 0.621. The van der Waals surface area contributed by atoms with Gasteiger partial charge in [0.25, 0.3) is 0 Å². The van der Waals surface area contributed by atoms with Gasteiger partial charge < -0.3 is 0 Å². The molecule has 0 aliphatic heterocycles. The average molecular weight is 193 g/mol. The minimum atomic E-state index is 0.621. The average Bonchev–Trinajstić information content (AvgIpc) is 2.15. The molecule has 1 aromatic heterocycles. The highest BCUT2D eigenvalue weighted by molar-refractivity contribution is 8.01. The highest BCUT2D eigenvalue weighted by Crippen LogP contribution is 2.34. The van der Waals surface area contributed by atoms with Crippen molar-refractivity contribution in [2.45, 2.75) is 23.3 Å². The van der Waals surface area contributed by atoms with E-state index in [0.29, 0.717) is 5.25 Å². The maximum atomic E-state index is 5.87. The number of halogens is 1. The van der Waals surface area contributed by atoms with Gasteiger partial charge in [-0.1, -0.05) is 25.4 Å². The fraction of sp³-hybridized carbons (Fsp3) is 0.429. The summed E-state index contributed by atoms with van der Waals surface area (Å²) in [6, 6.07) is 1.94. The lowest BCUT2D eigenvalue weighted by atomic mass is 10.6. The van der Waals surface area contributed by atoms with Gasteiger partial charge in [0, 0.05) is 5.25 Å². The summed E-state index contributed by atoms with van der Waals surface area (Å²) >= 11 is 9.40. The summed E-state index contributed by atoms with van der Waals surface area (Å²) < 4.78 is 1.23. The summed E-state index contributed by atoms with van der Waals surface area (Å²) in [6.45, 7) is 4.33. The maximum Gasteiger partial charge on any atom is 0.0787 e. The second-order valence-corrected chi connectivity index (χ2v) is 5.39. The molecular formula is C7H9ClS2. The molecule has 56 valence electrons. The number of thiophene rings is 1. The van der Waals surface area contributed by atoms with Gasteiger partial charge in [0.05, 0.1) is 9.23 Å². The molecule has 0 radical (unpaired) electrons. The SMILES string of the molecule is CC(C)Sc1sccc1Cl. The van der Waals surface area contributed by atoms with Crippen LogP contribution in [0.4, 0.5) is 0 Å². The lowest BCUT2D eigenvalue weighted by Gasteiger charge is -2.00. The molecule has 0 aliphatic carbocycles. The van der Waals surface area contributed by atoms with Crippen LogP contribution in [0.1, 0.15) is 13.8 Å². The summed E-state index contributed by atoms with van der Waals surface area (Å²) in [4.78, 5) is 0. The first-order valence-corrected chi connectivity index (χ1v) is 5.23. The Hall–Kier alpha value is 0.340. The molecule has 1 heterocycles. The first kappa shape index (κ1) is 8.44. The molecule has 0 amide bonds. The van der Waals surface area contributed by atoms with E-state index in [1.807, 2.05) is 23.2 Å². The van der Waals surface area contributed by atoms with Crippen molar-refractivity contribution in [1.29, 1.82) is 0 Å². The lowest BCUT2D eigenvalue weighted by Crippen LogP contribution is -1.82. The van der Waals surface area contributed by atoms with E-state index < -0.39 is 0 Å². The van der Waals surface area contributed by atoms with Crippen LogP contribution in [0.2, 0.25) is 5.02 Å². The van der Waals surface area contributed by atoms with Crippen LogP contribution >= 0.6 is 34.7 Å². The Morgan fingerprint density at radius 2 is 2.30 bits per heavy atom. The first-order valence-electron chi connectivity index (χ1n) is 3.10. The molecule has 0 nitrogen and oxygen atoms in total. The Balaban J connectivity index is 2.65. The molecule has 0 bridgehead atoms. The molecule has 10 heavy (non-hydrogen) atoms. The van der Waals surface area contributed by atoms with Crippen LogP contribution in [-0.4, -0.2) is 5.25 Å². The van der Waals surface area contributed by atoms with Crippen LogP contribution in [0, 0.1) is 0 Å². The van der Waals surface area contributed by atoms with E-state index in [-0.39, 0.29) is 0 Å². The molecular weight excluding hydrogens is 184 g/mol. The number of hydrogen-bond acceptors (Lipinski definition) is 2. The Kier molecular flexibility index (Phi) is 3.08. The monoisotopic (exact) mass is 192 g/mol. The summed E-state index contributed by atoms with van der Waals surface area (Å²) in [6.07, 6.45) is 0. The highest BCUT2D eigenvalue weighted by Gasteiger charge is 2.03. The third-order valence-corrected chi connectivity index (χ3v) is 3.66. The minimum Gasteiger partial charge on any atom is -0.136 e. The van der Waals surface area contributed by atoms with Crippen molar-refractivity contribution in [3.63, 3.8) is 0 Å². The maximum absolute atomic E-state index is 5.87. The molecule has 0 saturated heterocycles. The third-order valence-electron chi connectivity index (χ3n) is 0.927. The molecule has 0 aromatic carbocycles. The Morgan fingerprint density at radius 3 is 2.70 bits per heavy atom. The second-order valence-electron chi connectivity index (χ2n) is 2.22. The van der Waals surface area contributed by atoms with E-state index in [2.05, 4.69) is 13.8 Å². The quantitative estimate of drug-likeness (QED) is 0.641. The predicted molar refractivity (Wildman–Crippen MR) is 50.3 cm³/mol. The molecule has 0 atom stereocenters. The smallest absolute Gasteiger partial charge is 0.0787 e. The van der Waals surface area contributed by atoms with Gasteiger partial charge in [0.15, 0.2) is 0 Å². The van der Waals surface area contributed by atoms with Crippen molar-refractivity contribution in [1.82, 2.24) is 0 Å². The van der Waals surface area contributed by atoms with Crippen molar-refractivity contribution >= 4 is 34.7 Å². The first-order chi connectivity index (χ1) is 4.70. The number of hydrogen-bond donors (Lipinski definition) is 0. The molecule has 3 heteroatoms. The van der Waals surface area contributed by atoms with Gasteiger partial charge in [0.2, 0.25) is 0 Å². The van der Waals surface area contributed by atoms with Gasteiger partial charge in [-0.25, -0.2) is 0 Å². The summed E-state index contributed by atoms with van der Waals surface area (Å²) in [5.74, 6) is 0. The van der Waals surface area contributed by atoms with Crippen molar-refractivity contribution < 1.29 is 0 Å². The van der Waals surface area contributed by atoms with Crippen molar-refractivity contribution in [3.05, 3.63) is 16.5 Å². The van der Waals surface area contributed by atoms with Gasteiger partial charge in [-0.15, -0.1) is 23.1 Å². The largest absolute Gasteiger partial charge is 0.136 e. The summed E-state index contributed by atoms with van der Waals surface area (Å²) in [5, 5.41) is 3.53. The molecule has 0 unspecified atom stereocenters. The van der Waals surface area contributed by atoms with E-state index in [4.69, 9.17) is 11.6 Å². The topological polar surface area (TPSA) is 0 Å². The molecule has 0 aliphatic rings. The Morgan fingerprint density at radius 1 is 1.60 bits per heavy atom. The van der Waals surface area contributed by atoms with E-state index >= 15 is 0 Å². The van der Waals surface area contributed by atoms with Crippen LogP contribution in [0.5, 0.6) is 0 Å². The zero-order chi connectivity index (χ0) is 7.56. The second kappa shape index (κ2) is 3.65. The van der Waals surface area contributed by atoms with E-state index in [0.717, 1.165) is 5.02 Å². The zero-order valence-corrected chi connectivity index (χ0v) is 8.32. The fourth-order valence-corrected chi connectivity index (χ4v) is 3.07. The molecule has 1 rings (SSSR count). The van der Waals surface area contributed by atoms with Gasteiger partial charge in [-0.2, -0.15) is 0 Å². The van der Waals surface area contributed by atoms with Gasteiger partial charge in [-0.3, -0.25) is 0 Å². The van der Waals surface area contributed by atoms with E-state index in [1.165, 1.54) is 4.21 Å². The molecule has 0 saturated carbocycles. The number of rotatable bonds is 2. The van der Waals surface area contributed by atoms with Crippen molar-refractivity contribution in [2.24, 2.45) is 0 Å². The van der Waals surface area contributed by atoms with Crippen LogP contribution < -0.4 is 0 Å². The molecule has 1 aromatic rings. The predicted octanol–water partition coefficient (Wildman–Crippen LogP) is 3.90. The van der Waals surface area contributed by atoms with Gasteiger partial charge in [-0.05, 0) is 11.4 Å². The summed E-state index contributed by atoms with van der Waals surface area (Å²) in [5.41, 5.74) is 0. The van der Waals surface area contributed by atoms with Crippen LogP contribution in [0.3, 0.4) is 0 Å². The van der Waals surface area contributed by atoms with Crippen molar-refractivity contribution in [3.8, 4) is 0 Å². The Labute approximate surface area is 74.6 Å². The van der Waals surface area contributed by atoms with Gasteiger partial charge in [0.1, 0.15) is 0 Å². The zero-order valence-electron chi connectivity index (χ0n) is 5.93. The van der Waals surface area contributed by atoms with E-state index in [9.17, 15) is 0 Å². The fourth-order valence-electron chi connectivity index (χ4n) is 0.578. The Bertz CT molecular complexity index is 205. The molecule has 0 fully saturated rings. The number of thioether (sulfide) groups is 1. The van der Waals surface area contributed by atoms with Gasteiger partial charge >= 0.3 is 0 Å². The molecule has 0 spiro atoms. The lowest BCUT2D eigenvalue weighted by molar-refractivity contribution is 1.11. The third kappa shape index (κ3) is 2.19. The standard InChI is InChI=1S/C7H9ClS2/c1-5(2)10-7-6(8)3-4-9-7/h3-5H,1-2H3. The van der Waals surface area contributed by atoms with Crippen LogP contribution in [-0.2, 0) is 0 Å². The highest BCUT2D eigenvalue weighted by atomic mass is 35.5. The normalized spacial score (nSPS) is 10.8. The van der Waals surface area contributed by atoms with Crippen LogP contribution in [0.15, 0.2) is 15.7 Å². The summed E-state index contributed by atoms with van der Waals surface area (Å²) in [7, 11) is 0.